The SMILES string of the molecule is Cc1cccc2c1NC(=O)[C@@]21[NH2+]C[C@@H](c2ccccc2Cl)c2c1[nH]c1ccccc21. The number of H-pyrrole nitrogens is 1. The van der Waals surface area contributed by atoms with Gasteiger partial charge < -0.3 is 15.6 Å². The van der Waals surface area contributed by atoms with Crippen molar-refractivity contribution >= 4 is 34.1 Å². The van der Waals surface area contributed by atoms with Crippen molar-refractivity contribution in [1.82, 2.24) is 4.98 Å². The smallest absolute Gasteiger partial charge is 0.297 e. The van der Waals surface area contributed by atoms with Gasteiger partial charge in [0.2, 0.25) is 5.54 Å². The highest BCUT2D eigenvalue weighted by molar-refractivity contribution is 6.31. The number of benzene rings is 3. The Labute approximate surface area is 179 Å². The van der Waals surface area contributed by atoms with Crippen LogP contribution in [0.4, 0.5) is 5.69 Å². The Morgan fingerprint density at radius 3 is 2.70 bits per heavy atom. The molecule has 1 amide bonds. The van der Waals surface area contributed by atoms with Gasteiger partial charge in [-0.2, -0.15) is 0 Å². The fourth-order valence-electron chi connectivity index (χ4n) is 5.34. The topological polar surface area (TPSA) is 61.5 Å². The number of carbonyl (C=O) groups is 1. The third kappa shape index (κ3) is 2.18. The molecule has 3 heterocycles. The summed E-state index contributed by atoms with van der Waals surface area (Å²) in [5.41, 5.74) is 6.50. The molecule has 4 nitrogen and oxygen atoms in total. The summed E-state index contributed by atoms with van der Waals surface area (Å²) in [4.78, 5) is 17.1. The number of nitrogens with one attached hydrogen (secondary N) is 2. The summed E-state index contributed by atoms with van der Waals surface area (Å²) in [7, 11) is 0. The molecule has 0 unspecified atom stereocenters. The minimum Gasteiger partial charge on any atom is -0.352 e. The maximum Gasteiger partial charge on any atom is 0.297 e. The second-order valence-corrected chi connectivity index (χ2v) is 8.64. The quantitative estimate of drug-likeness (QED) is 0.432. The lowest BCUT2D eigenvalue weighted by Gasteiger charge is -2.34. The summed E-state index contributed by atoms with van der Waals surface area (Å²) in [6.45, 7) is 2.78. The van der Waals surface area contributed by atoms with Crippen LogP contribution in [0.1, 0.15) is 33.9 Å². The molecule has 0 saturated carbocycles. The monoisotopic (exact) mass is 414 g/mol. The standard InChI is InChI=1S/C25H20ClN3O/c1-14-7-6-10-18-22(14)29-24(30)25(18)23-21(16-9-3-5-12-20(16)28-23)17(13-27-25)15-8-2-4-11-19(15)26/h2-12,17,27-28H,13H2,1H3,(H,29,30)/p+1/t17-,25+/m0/s1. The number of fused-ring (bicyclic) bond motifs is 6. The minimum absolute atomic E-state index is 0.0113. The van der Waals surface area contributed by atoms with E-state index in [1.807, 2.05) is 43.3 Å². The molecule has 2 aliphatic rings. The van der Waals surface area contributed by atoms with E-state index < -0.39 is 5.54 Å². The van der Waals surface area contributed by atoms with Crippen molar-refractivity contribution in [3.05, 3.63) is 99.7 Å². The fraction of sp³-hybridized carbons (Fsp3) is 0.160. The van der Waals surface area contributed by atoms with Crippen molar-refractivity contribution in [2.75, 3.05) is 11.9 Å². The predicted molar refractivity (Wildman–Crippen MR) is 119 cm³/mol. The van der Waals surface area contributed by atoms with Gasteiger partial charge >= 0.3 is 0 Å². The fourth-order valence-corrected chi connectivity index (χ4v) is 5.61. The molecule has 2 aliphatic heterocycles. The Balaban J connectivity index is 1.68. The molecule has 5 heteroatoms. The first-order chi connectivity index (χ1) is 14.6. The van der Waals surface area contributed by atoms with E-state index in [0.29, 0.717) is 0 Å². The summed E-state index contributed by atoms with van der Waals surface area (Å²) >= 11 is 6.62. The van der Waals surface area contributed by atoms with Crippen LogP contribution < -0.4 is 10.6 Å². The number of aromatic nitrogens is 1. The number of halogens is 1. The highest BCUT2D eigenvalue weighted by atomic mass is 35.5. The average Bonchev–Trinajstić information content (AvgIpc) is 3.28. The molecule has 6 rings (SSSR count). The zero-order valence-corrected chi connectivity index (χ0v) is 17.3. The molecular weight excluding hydrogens is 394 g/mol. The molecule has 148 valence electrons. The first-order valence-electron chi connectivity index (χ1n) is 10.2. The van der Waals surface area contributed by atoms with Gasteiger partial charge in [-0.15, -0.1) is 0 Å². The van der Waals surface area contributed by atoms with E-state index in [1.165, 1.54) is 5.56 Å². The Bertz CT molecular complexity index is 1340. The van der Waals surface area contributed by atoms with Crippen molar-refractivity contribution in [3.63, 3.8) is 0 Å². The number of hydrogen-bond donors (Lipinski definition) is 3. The van der Waals surface area contributed by atoms with Crippen molar-refractivity contribution in [2.45, 2.75) is 18.4 Å². The number of carbonyl (C=O) groups excluding carboxylic acids is 1. The van der Waals surface area contributed by atoms with Crippen molar-refractivity contribution < 1.29 is 10.1 Å². The maximum absolute atomic E-state index is 13.5. The first kappa shape index (κ1) is 17.8. The molecule has 0 bridgehead atoms. The summed E-state index contributed by atoms with van der Waals surface area (Å²) < 4.78 is 0. The van der Waals surface area contributed by atoms with E-state index in [-0.39, 0.29) is 11.8 Å². The molecular formula is C25H21ClN3O+. The number of hydrogen-bond acceptors (Lipinski definition) is 1. The molecule has 0 fully saturated rings. The summed E-state index contributed by atoms with van der Waals surface area (Å²) in [6, 6.07) is 22.5. The van der Waals surface area contributed by atoms with Crippen LogP contribution in [0, 0.1) is 6.92 Å². The van der Waals surface area contributed by atoms with Crippen LogP contribution in [0.3, 0.4) is 0 Å². The van der Waals surface area contributed by atoms with Gasteiger partial charge in [0.05, 0.1) is 29.4 Å². The maximum atomic E-state index is 13.5. The van der Waals surface area contributed by atoms with E-state index >= 15 is 0 Å². The molecule has 0 saturated heterocycles. The summed E-state index contributed by atoms with van der Waals surface area (Å²) in [6.07, 6.45) is 0. The molecule has 4 N–H and O–H groups in total. The van der Waals surface area contributed by atoms with E-state index in [9.17, 15) is 4.79 Å². The van der Waals surface area contributed by atoms with Gasteiger partial charge in [-0.05, 0) is 36.2 Å². The summed E-state index contributed by atoms with van der Waals surface area (Å²) in [5, 5.41) is 7.25. The van der Waals surface area contributed by atoms with Crippen molar-refractivity contribution in [1.29, 1.82) is 0 Å². The van der Waals surface area contributed by atoms with Crippen LogP contribution in [-0.4, -0.2) is 17.4 Å². The van der Waals surface area contributed by atoms with Crippen LogP contribution in [0.25, 0.3) is 10.9 Å². The number of nitrogens with two attached hydrogens (primary N) is 1. The number of anilines is 1. The largest absolute Gasteiger partial charge is 0.352 e. The number of aryl methyl sites for hydroxylation is 1. The van der Waals surface area contributed by atoms with E-state index in [1.54, 1.807) is 0 Å². The summed E-state index contributed by atoms with van der Waals surface area (Å²) in [5.74, 6) is 0.106. The molecule has 4 aromatic rings. The van der Waals surface area contributed by atoms with Crippen molar-refractivity contribution in [3.8, 4) is 0 Å². The highest BCUT2D eigenvalue weighted by Crippen LogP contribution is 2.47. The molecule has 2 atom stereocenters. The Kier molecular flexibility index (Phi) is 3.67. The van der Waals surface area contributed by atoms with Gasteiger partial charge in [0.15, 0.2) is 0 Å². The van der Waals surface area contributed by atoms with Gasteiger partial charge in [0.25, 0.3) is 5.91 Å². The number of para-hydroxylation sites is 2. The Morgan fingerprint density at radius 1 is 1.03 bits per heavy atom. The third-order valence-corrected chi connectivity index (χ3v) is 7.07. The van der Waals surface area contributed by atoms with E-state index in [2.05, 4.69) is 45.9 Å². The van der Waals surface area contributed by atoms with Crippen LogP contribution in [-0.2, 0) is 10.3 Å². The number of amides is 1. The predicted octanol–water partition coefficient (Wildman–Crippen LogP) is 4.03. The van der Waals surface area contributed by atoms with Gasteiger partial charge in [-0.3, -0.25) is 4.79 Å². The zero-order valence-electron chi connectivity index (χ0n) is 16.5. The van der Waals surface area contributed by atoms with Gasteiger partial charge in [0, 0.05) is 21.5 Å². The third-order valence-electron chi connectivity index (χ3n) is 6.72. The Morgan fingerprint density at radius 2 is 1.83 bits per heavy atom. The second-order valence-electron chi connectivity index (χ2n) is 8.23. The second kappa shape index (κ2) is 6.21. The normalized spacial score (nSPS) is 22.2. The van der Waals surface area contributed by atoms with E-state index in [0.717, 1.165) is 50.5 Å². The number of rotatable bonds is 1. The highest BCUT2D eigenvalue weighted by Gasteiger charge is 2.58. The lowest BCUT2D eigenvalue weighted by Crippen LogP contribution is -2.99. The van der Waals surface area contributed by atoms with Crippen LogP contribution in [0.15, 0.2) is 66.7 Å². The molecule has 3 aromatic carbocycles. The Hall–Kier alpha value is -3.08. The van der Waals surface area contributed by atoms with Gasteiger partial charge in [0.1, 0.15) is 0 Å². The number of aromatic amines is 1. The lowest BCUT2D eigenvalue weighted by atomic mass is 9.76. The molecule has 1 spiro atoms. The molecule has 1 aromatic heterocycles. The molecule has 30 heavy (non-hydrogen) atoms. The van der Waals surface area contributed by atoms with E-state index in [4.69, 9.17) is 11.6 Å². The average molecular weight is 415 g/mol. The van der Waals surface area contributed by atoms with Gasteiger partial charge in [-0.1, -0.05) is 60.1 Å². The van der Waals surface area contributed by atoms with Crippen LogP contribution in [0.5, 0.6) is 0 Å². The first-order valence-corrected chi connectivity index (χ1v) is 10.6. The van der Waals surface area contributed by atoms with Crippen molar-refractivity contribution in [2.24, 2.45) is 0 Å². The zero-order chi connectivity index (χ0) is 20.5. The van der Waals surface area contributed by atoms with Gasteiger partial charge in [-0.25, -0.2) is 0 Å². The molecule has 0 radical (unpaired) electrons. The van der Waals surface area contributed by atoms with Crippen LogP contribution >= 0.6 is 11.6 Å². The number of quaternary nitrogens is 1. The minimum atomic E-state index is -0.812. The van der Waals surface area contributed by atoms with Crippen LogP contribution in [0.2, 0.25) is 5.02 Å². The lowest BCUT2D eigenvalue weighted by molar-refractivity contribution is -0.715. The molecule has 0 aliphatic carbocycles.